The molecule has 1 aliphatic carbocycles. The maximum atomic E-state index is 9.74. The summed E-state index contributed by atoms with van der Waals surface area (Å²) in [7, 11) is 0. The van der Waals surface area contributed by atoms with Crippen LogP contribution < -0.4 is 5.32 Å². The molecule has 120 valence electrons. The quantitative estimate of drug-likeness (QED) is 0.454. The number of hydrogen-bond acceptors (Lipinski definition) is 4. The molecule has 4 heteroatoms. The molecule has 1 unspecified atom stereocenters. The standard InChI is InChI=1S/C16H33NO3/c1-2-3-4-5-6-7-8-20-13-16(19)12-17-11-14-9-15(18)10-14/h14-19H,2-13H2,1H3. The zero-order chi connectivity index (χ0) is 14.6. The van der Waals surface area contributed by atoms with Crippen LogP contribution in [-0.4, -0.2) is 48.7 Å². The lowest BCUT2D eigenvalue weighted by molar-refractivity contribution is 0.0265. The van der Waals surface area contributed by atoms with Crippen molar-refractivity contribution in [1.29, 1.82) is 0 Å². The van der Waals surface area contributed by atoms with E-state index in [1.165, 1.54) is 32.1 Å². The van der Waals surface area contributed by atoms with Crippen LogP contribution >= 0.6 is 0 Å². The Morgan fingerprint density at radius 1 is 1.15 bits per heavy atom. The van der Waals surface area contributed by atoms with Crippen LogP contribution in [0.4, 0.5) is 0 Å². The second-order valence-electron chi connectivity index (χ2n) is 6.15. The van der Waals surface area contributed by atoms with E-state index in [1.54, 1.807) is 0 Å². The lowest BCUT2D eigenvalue weighted by Gasteiger charge is -2.31. The first kappa shape index (κ1) is 17.9. The summed E-state index contributed by atoms with van der Waals surface area (Å²) in [6.45, 7) is 4.90. The fraction of sp³-hybridized carbons (Fsp3) is 1.00. The molecular formula is C16H33NO3. The van der Waals surface area contributed by atoms with E-state index in [0.717, 1.165) is 32.4 Å². The van der Waals surface area contributed by atoms with E-state index in [4.69, 9.17) is 9.84 Å². The van der Waals surface area contributed by atoms with Gasteiger partial charge in [0.1, 0.15) is 0 Å². The van der Waals surface area contributed by atoms with Gasteiger partial charge in [0.15, 0.2) is 0 Å². The lowest BCUT2D eigenvalue weighted by atomic mass is 9.82. The highest BCUT2D eigenvalue weighted by Gasteiger charge is 2.26. The van der Waals surface area contributed by atoms with E-state index < -0.39 is 6.10 Å². The monoisotopic (exact) mass is 287 g/mol. The third-order valence-electron chi connectivity index (χ3n) is 3.98. The minimum atomic E-state index is -0.417. The first-order chi connectivity index (χ1) is 9.72. The zero-order valence-electron chi connectivity index (χ0n) is 13.0. The van der Waals surface area contributed by atoms with Gasteiger partial charge in [-0.2, -0.15) is 0 Å². The summed E-state index contributed by atoms with van der Waals surface area (Å²) >= 11 is 0. The Labute approximate surface area is 123 Å². The van der Waals surface area contributed by atoms with Gasteiger partial charge in [-0.3, -0.25) is 0 Å². The normalized spacial score (nSPS) is 23.6. The minimum Gasteiger partial charge on any atom is -0.393 e. The van der Waals surface area contributed by atoms with E-state index >= 15 is 0 Å². The number of aliphatic hydroxyl groups excluding tert-OH is 2. The van der Waals surface area contributed by atoms with E-state index in [2.05, 4.69) is 12.2 Å². The Kier molecular flexibility index (Phi) is 10.3. The Bertz CT molecular complexity index is 220. The summed E-state index contributed by atoms with van der Waals surface area (Å²) in [6.07, 6.45) is 8.89. The Balaban J connectivity index is 1.77. The van der Waals surface area contributed by atoms with Crippen molar-refractivity contribution in [3.8, 4) is 0 Å². The van der Waals surface area contributed by atoms with Crippen LogP contribution in [0.1, 0.15) is 58.3 Å². The maximum absolute atomic E-state index is 9.74. The predicted molar refractivity (Wildman–Crippen MR) is 81.8 cm³/mol. The molecular weight excluding hydrogens is 254 g/mol. The Hall–Kier alpha value is -0.160. The highest BCUT2D eigenvalue weighted by Crippen LogP contribution is 2.25. The number of unbranched alkanes of at least 4 members (excludes halogenated alkanes) is 5. The molecule has 0 radical (unpaired) electrons. The zero-order valence-corrected chi connectivity index (χ0v) is 13.0. The predicted octanol–water partition coefficient (Wildman–Crippen LogP) is 2.08. The molecule has 0 aromatic heterocycles. The molecule has 0 bridgehead atoms. The molecule has 0 heterocycles. The van der Waals surface area contributed by atoms with Gasteiger partial charge in [0, 0.05) is 13.2 Å². The molecule has 1 fully saturated rings. The van der Waals surface area contributed by atoms with Gasteiger partial charge in [-0.15, -0.1) is 0 Å². The first-order valence-corrected chi connectivity index (χ1v) is 8.37. The van der Waals surface area contributed by atoms with Crippen LogP contribution in [0.2, 0.25) is 0 Å². The molecule has 20 heavy (non-hydrogen) atoms. The van der Waals surface area contributed by atoms with Gasteiger partial charge in [-0.25, -0.2) is 0 Å². The van der Waals surface area contributed by atoms with Crippen molar-refractivity contribution in [2.75, 3.05) is 26.3 Å². The van der Waals surface area contributed by atoms with Crippen LogP contribution in [0.15, 0.2) is 0 Å². The molecule has 0 saturated heterocycles. The number of rotatable bonds is 13. The van der Waals surface area contributed by atoms with E-state index in [0.29, 0.717) is 19.1 Å². The first-order valence-electron chi connectivity index (χ1n) is 8.37. The van der Waals surface area contributed by atoms with Crippen LogP contribution in [0.5, 0.6) is 0 Å². The van der Waals surface area contributed by atoms with E-state index in [1.807, 2.05) is 0 Å². The summed E-state index contributed by atoms with van der Waals surface area (Å²) in [6, 6.07) is 0. The van der Waals surface area contributed by atoms with Gasteiger partial charge in [-0.05, 0) is 31.7 Å². The molecule has 3 N–H and O–H groups in total. The van der Waals surface area contributed by atoms with Crippen molar-refractivity contribution in [2.24, 2.45) is 5.92 Å². The van der Waals surface area contributed by atoms with Crippen LogP contribution in [0.3, 0.4) is 0 Å². The van der Waals surface area contributed by atoms with Gasteiger partial charge in [0.2, 0.25) is 0 Å². The minimum absolute atomic E-state index is 0.0904. The van der Waals surface area contributed by atoms with Crippen molar-refractivity contribution in [1.82, 2.24) is 5.32 Å². The van der Waals surface area contributed by atoms with Gasteiger partial charge in [0.25, 0.3) is 0 Å². The van der Waals surface area contributed by atoms with Gasteiger partial charge < -0.3 is 20.3 Å². The smallest absolute Gasteiger partial charge is 0.0897 e. The summed E-state index contributed by atoms with van der Waals surface area (Å²) in [5, 5.41) is 22.1. The molecule has 1 rings (SSSR count). The highest BCUT2D eigenvalue weighted by molar-refractivity contribution is 4.80. The van der Waals surface area contributed by atoms with Crippen molar-refractivity contribution in [3.05, 3.63) is 0 Å². The van der Waals surface area contributed by atoms with Crippen LogP contribution in [0.25, 0.3) is 0 Å². The highest BCUT2D eigenvalue weighted by atomic mass is 16.5. The molecule has 0 amide bonds. The average Bonchev–Trinajstić information content (AvgIpc) is 2.39. The van der Waals surface area contributed by atoms with Crippen molar-refractivity contribution >= 4 is 0 Å². The van der Waals surface area contributed by atoms with Crippen molar-refractivity contribution in [3.63, 3.8) is 0 Å². The maximum Gasteiger partial charge on any atom is 0.0897 e. The largest absolute Gasteiger partial charge is 0.393 e. The summed E-state index contributed by atoms with van der Waals surface area (Å²) in [5.41, 5.74) is 0. The summed E-state index contributed by atoms with van der Waals surface area (Å²) in [4.78, 5) is 0. The molecule has 1 aliphatic rings. The molecule has 0 aromatic carbocycles. The number of hydrogen-bond donors (Lipinski definition) is 3. The second-order valence-corrected chi connectivity index (χ2v) is 6.15. The molecule has 0 aliphatic heterocycles. The van der Waals surface area contributed by atoms with Gasteiger partial charge in [0.05, 0.1) is 18.8 Å². The summed E-state index contributed by atoms with van der Waals surface area (Å²) in [5.74, 6) is 0.584. The van der Waals surface area contributed by atoms with Gasteiger partial charge in [-0.1, -0.05) is 39.0 Å². The fourth-order valence-corrected chi connectivity index (χ4v) is 2.58. The fourth-order valence-electron chi connectivity index (χ4n) is 2.58. The van der Waals surface area contributed by atoms with E-state index in [-0.39, 0.29) is 6.10 Å². The molecule has 1 atom stereocenters. The van der Waals surface area contributed by atoms with Gasteiger partial charge >= 0.3 is 0 Å². The van der Waals surface area contributed by atoms with Crippen LogP contribution in [0, 0.1) is 5.92 Å². The lowest BCUT2D eigenvalue weighted by Crippen LogP contribution is -2.39. The number of nitrogens with one attached hydrogen (secondary N) is 1. The third kappa shape index (κ3) is 8.90. The van der Waals surface area contributed by atoms with Crippen molar-refractivity contribution in [2.45, 2.75) is 70.5 Å². The Morgan fingerprint density at radius 2 is 1.85 bits per heavy atom. The second kappa shape index (κ2) is 11.5. The molecule has 4 nitrogen and oxygen atoms in total. The average molecular weight is 287 g/mol. The summed E-state index contributed by atoms with van der Waals surface area (Å²) < 4.78 is 5.49. The molecule has 1 saturated carbocycles. The third-order valence-corrected chi connectivity index (χ3v) is 3.98. The topological polar surface area (TPSA) is 61.7 Å². The number of ether oxygens (including phenoxy) is 1. The van der Waals surface area contributed by atoms with E-state index in [9.17, 15) is 5.11 Å². The molecule has 0 spiro atoms. The van der Waals surface area contributed by atoms with Crippen molar-refractivity contribution < 1.29 is 14.9 Å². The van der Waals surface area contributed by atoms with Crippen LogP contribution in [-0.2, 0) is 4.74 Å². The Morgan fingerprint density at radius 3 is 2.55 bits per heavy atom. The SMILES string of the molecule is CCCCCCCCOCC(O)CNCC1CC(O)C1. The number of aliphatic hydroxyl groups is 2. The molecule has 0 aromatic rings.